The van der Waals surface area contributed by atoms with E-state index in [0.29, 0.717) is 5.56 Å². The van der Waals surface area contributed by atoms with Crippen LogP contribution in [0.1, 0.15) is 47.1 Å². The van der Waals surface area contributed by atoms with E-state index in [1.807, 2.05) is 20.8 Å². The zero-order chi connectivity index (χ0) is 25.8. The summed E-state index contributed by atoms with van der Waals surface area (Å²) in [6, 6.07) is 3.59. The monoisotopic (exact) mass is 495 g/mol. The number of likely N-dealkylation sites (N-methyl/N-ethyl adjacent to an activating group) is 1. The molecule has 34 heavy (non-hydrogen) atoms. The molecule has 3 N–H and O–H groups in total. The summed E-state index contributed by atoms with van der Waals surface area (Å²) in [6.45, 7) is 10.4. The topological polar surface area (TPSA) is 119 Å². The van der Waals surface area contributed by atoms with Crippen LogP contribution in [0, 0.1) is 17.8 Å². The second-order valence-corrected chi connectivity index (χ2v) is 11.6. The highest BCUT2D eigenvalue weighted by atomic mass is 32.2. The number of hydrogen-bond donors (Lipinski definition) is 3. The largest absolute Gasteiger partial charge is 0.487 e. The van der Waals surface area contributed by atoms with Gasteiger partial charge in [-0.25, -0.2) is 13.2 Å². The lowest BCUT2D eigenvalue weighted by molar-refractivity contribution is 0.0809. The molecule has 3 atom stereocenters. The molecule has 1 aromatic rings. The van der Waals surface area contributed by atoms with Crippen molar-refractivity contribution in [1.29, 1.82) is 0 Å². The summed E-state index contributed by atoms with van der Waals surface area (Å²) in [5.41, 5.74) is -0.732. The van der Waals surface area contributed by atoms with Gasteiger partial charge < -0.3 is 25.2 Å². The second-order valence-electron chi connectivity index (χ2n) is 9.70. The molecule has 0 saturated heterocycles. The number of fused-ring (bicyclic) bond motifs is 1. The highest BCUT2D eigenvalue weighted by molar-refractivity contribution is 7.89. The van der Waals surface area contributed by atoms with E-state index in [4.69, 9.17) is 4.74 Å². The van der Waals surface area contributed by atoms with Gasteiger partial charge in [0, 0.05) is 37.2 Å². The lowest BCUT2D eigenvalue weighted by atomic mass is 10.0. The number of rotatable bonds is 5. The Balaban J connectivity index is 2.55. The Morgan fingerprint density at radius 1 is 1.35 bits per heavy atom. The van der Waals surface area contributed by atoms with Crippen molar-refractivity contribution in [2.75, 3.05) is 26.7 Å². The molecule has 0 saturated carbocycles. The first-order valence-electron chi connectivity index (χ1n) is 11.4. The third-order valence-corrected chi connectivity index (χ3v) is 7.41. The van der Waals surface area contributed by atoms with Crippen LogP contribution in [0.25, 0.3) is 0 Å². The summed E-state index contributed by atoms with van der Waals surface area (Å²) < 4.78 is 34.5. The molecule has 0 bridgehead atoms. The number of nitrogens with one attached hydrogen (secondary N) is 1. The van der Waals surface area contributed by atoms with Crippen LogP contribution < -0.4 is 10.1 Å². The van der Waals surface area contributed by atoms with Crippen molar-refractivity contribution >= 4 is 16.1 Å². The Kier molecular flexibility index (Phi) is 8.99. The van der Waals surface area contributed by atoms with E-state index in [-0.39, 0.29) is 48.3 Å². The van der Waals surface area contributed by atoms with Crippen molar-refractivity contribution in [2.45, 2.75) is 70.2 Å². The lowest BCUT2D eigenvalue weighted by Crippen LogP contribution is -2.51. The van der Waals surface area contributed by atoms with Gasteiger partial charge in [-0.2, -0.15) is 4.31 Å². The Hall–Kier alpha value is -2.32. The van der Waals surface area contributed by atoms with Crippen LogP contribution in [0.15, 0.2) is 23.1 Å². The van der Waals surface area contributed by atoms with Crippen LogP contribution in [-0.2, 0) is 10.0 Å². The molecule has 190 valence electrons. The van der Waals surface area contributed by atoms with Crippen molar-refractivity contribution in [2.24, 2.45) is 5.92 Å². The molecular weight excluding hydrogens is 458 g/mol. The molecule has 0 aliphatic carbocycles. The first-order valence-corrected chi connectivity index (χ1v) is 12.8. The standard InChI is InChI=1S/C24H37N3O6S/c1-16(2)25-23(29)26(7)14-21-17(3)13-27(18(4)15-28)34(31,32)22-9-8-19(12-20(22)33-21)10-11-24(5,6)30/h8-9,12,16-18,21,28,30H,13-15H2,1-7H3,(H,25,29)/t17-,18-,21-/m0/s1. The number of amides is 2. The van der Waals surface area contributed by atoms with Gasteiger partial charge in [-0.05, 0) is 52.8 Å². The molecule has 0 aromatic heterocycles. The van der Waals surface area contributed by atoms with E-state index in [0.717, 1.165) is 0 Å². The molecule has 1 heterocycles. The molecule has 1 aliphatic rings. The SMILES string of the molecule is CC(C)NC(=O)N(C)C[C@@H]1Oc2cc(C#CC(C)(C)O)ccc2S(=O)(=O)N([C@@H](C)CO)C[C@@H]1C. The van der Waals surface area contributed by atoms with Crippen LogP contribution in [0.5, 0.6) is 5.75 Å². The molecule has 1 aliphatic heterocycles. The zero-order valence-corrected chi connectivity index (χ0v) is 21.8. The number of urea groups is 1. The molecule has 2 amide bonds. The van der Waals surface area contributed by atoms with E-state index < -0.39 is 27.8 Å². The fourth-order valence-electron chi connectivity index (χ4n) is 3.46. The summed E-state index contributed by atoms with van der Waals surface area (Å²) >= 11 is 0. The van der Waals surface area contributed by atoms with Gasteiger partial charge in [0.2, 0.25) is 10.0 Å². The number of carbonyl (C=O) groups is 1. The van der Waals surface area contributed by atoms with Crippen molar-refractivity contribution in [3.8, 4) is 17.6 Å². The molecule has 10 heteroatoms. The van der Waals surface area contributed by atoms with E-state index >= 15 is 0 Å². The summed E-state index contributed by atoms with van der Waals surface area (Å²) in [4.78, 5) is 13.9. The Labute approximate surface area is 203 Å². The fourth-order valence-corrected chi connectivity index (χ4v) is 5.28. The quantitative estimate of drug-likeness (QED) is 0.534. The van der Waals surface area contributed by atoms with Crippen molar-refractivity contribution in [3.63, 3.8) is 0 Å². The summed E-state index contributed by atoms with van der Waals surface area (Å²) in [6.07, 6.45) is -0.525. The van der Waals surface area contributed by atoms with Gasteiger partial charge in [0.15, 0.2) is 0 Å². The van der Waals surface area contributed by atoms with Crippen LogP contribution in [0.4, 0.5) is 4.79 Å². The number of carbonyl (C=O) groups excluding carboxylic acids is 1. The Morgan fingerprint density at radius 3 is 2.56 bits per heavy atom. The zero-order valence-electron chi connectivity index (χ0n) is 21.0. The molecule has 9 nitrogen and oxygen atoms in total. The van der Waals surface area contributed by atoms with Gasteiger partial charge in [0.1, 0.15) is 22.4 Å². The van der Waals surface area contributed by atoms with Crippen LogP contribution in [0.2, 0.25) is 0 Å². The maximum atomic E-state index is 13.5. The Bertz CT molecular complexity index is 1040. The van der Waals surface area contributed by atoms with E-state index in [1.54, 1.807) is 33.9 Å². The number of sulfonamides is 1. The normalized spacial score (nSPS) is 21.2. The Morgan fingerprint density at radius 2 is 2.00 bits per heavy atom. The molecule has 0 unspecified atom stereocenters. The minimum Gasteiger partial charge on any atom is -0.487 e. The molecule has 0 spiro atoms. The van der Waals surface area contributed by atoms with Crippen LogP contribution in [0.3, 0.4) is 0 Å². The number of aliphatic hydroxyl groups excluding tert-OH is 1. The minimum atomic E-state index is -3.97. The first kappa shape index (κ1) is 27.9. The van der Waals surface area contributed by atoms with Gasteiger partial charge in [0.05, 0.1) is 13.2 Å². The first-order chi connectivity index (χ1) is 15.7. The number of hydrogen-bond acceptors (Lipinski definition) is 6. The van der Waals surface area contributed by atoms with Crippen molar-refractivity contribution in [3.05, 3.63) is 23.8 Å². The number of aliphatic hydroxyl groups is 2. The number of benzene rings is 1. The minimum absolute atomic E-state index is 0.0331. The summed E-state index contributed by atoms with van der Waals surface area (Å²) in [5, 5.41) is 22.5. The van der Waals surface area contributed by atoms with Crippen LogP contribution >= 0.6 is 0 Å². The van der Waals surface area contributed by atoms with Gasteiger partial charge in [0.25, 0.3) is 0 Å². The smallest absolute Gasteiger partial charge is 0.317 e. The molecule has 1 aromatic carbocycles. The van der Waals surface area contributed by atoms with E-state index in [9.17, 15) is 23.4 Å². The van der Waals surface area contributed by atoms with Crippen molar-refractivity contribution in [1.82, 2.24) is 14.5 Å². The molecule has 0 fully saturated rings. The third kappa shape index (κ3) is 7.09. The lowest BCUT2D eigenvalue weighted by Gasteiger charge is -2.37. The summed E-state index contributed by atoms with van der Waals surface area (Å²) in [5.74, 6) is 5.38. The highest BCUT2D eigenvalue weighted by Crippen LogP contribution is 2.34. The van der Waals surface area contributed by atoms with Crippen LogP contribution in [-0.4, -0.2) is 84.4 Å². The van der Waals surface area contributed by atoms with Crippen molar-refractivity contribution < 1.29 is 28.2 Å². The highest BCUT2D eigenvalue weighted by Gasteiger charge is 2.38. The number of ether oxygens (including phenoxy) is 1. The predicted molar refractivity (Wildman–Crippen MR) is 130 cm³/mol. The average Bonchev–Trinajstić information content (AvgIpc) is 2.73. The second kappa shape index (κ2) is 11.0. The van der Waals surface area contributed by atoms with Gasteiger partial charge in [-0.3, -0.25) is 0 Å². The molecule has 0 radical (unpaired) electrons. The van der Waals surface area contributed by atoms with Gasteiger partial charge in [-0.15, -0.1) is 0 Å². The summed E-state index contributed by atoms with van der Waals surface area (Å²) in [7, 11) is -2.32. The number of nitrogens with zero attached hydrogens (tertiary/aromatic N) is 2. The fraction of sp³-hybridized carbons (Fsp3) is 0.625. The van der Waals surface area contributed by atoms with Gasteiger partial charge in [-0.1, -0.05) is 18.8 Å². The van der Waals surface area contributed by atoms with E-state index in [2.05, 4.69) is 17.2 Å². The molecular formula is C24H37N3O6S. The molecule has 2 rings (SSSR count). The maximum absolute atomic E-state index is 13.5. The maximum Gasteiger partial charge on any atom is 0.317 e. The van der Waals surface area contributed by atoms with E-state index in [1.165, 1.54) is 21.3 Å². The third-order valence-electron chi connectivity index (χ3n) is 5.39. The predicted octanol–water partition coefficient (Wildman–Crippen LogP) is 1.63. The average molecular weight is 496 g/mol. The van der Waals surface area contributed by atoms with Gasteiger partial charge >= 0.3 is 6.03 Å².